The van der Waals surface area contributed by atoms with E-state index in [0.717, 1.165) is 24.1 Å². The second-order valence-corrected chi connectivity index (χ2v) is 7.89. The number of rotatable bonds is 2. The molecule has 132 valence electrons. The molecule has 0 bridgehead atoms. The van der Waals surface area contributed by atoms with E-state index in [-0.39, 0.29) is 11.4 Å². The Bertz CT molecular complexity index is 872. The average molecular weight is 338 g/mol. The molecule has 4 nitrogen and oxygen atoms in total. The van der Waals surface area contributed by atoms with E-state index in [9.17, 15) is 4.79 Å². The van der Waals surface area contributed by atoms with Crippen molar-refractivity contribution in [2.45, 2.75) is 54.4 Å². The van der Waals surface area contributed by atoms with Crippen LogP contribution in [0.2, 0.25) is 0 Å². The topological polar surface area (TPSA) is 43.6 Å². The van der Waals surface area contributed by atoms with E-state index >= 15 is 0 Å². The van der Waals surface area contributed by atoms with Crippen LogP contribution in [0.3, 0.4) is 0 Å². The largest absolute Gasteiger partial charge is 0.331 e. The van der Waals surface area contributed by atoms with E-state index in [0.29, 0.717) is 0 Å². The third kappa shape index (κ3) is 3.39. The first kappa shape index (κ1) is 17.5. The van der Waals surface area contributed by atoms with Crippen LogP contribution in [0.4, 0.5) is 0 Å². The lowest BCUT2D eigenvalue weighted by Gasteiger charge is -2.31. The summed E-state index contributed by atoms with van der Waals surface area (Å²) in [6, 6.07) is 8.72. The fourth-order valence-corrected chi connectivity index (χ4v) is 3.60. The van der Waals surface area contributed by atoms with Crippen LogP contribution >= 0.6 is 0 Å². The molecule has 0 saturated carbocycles. The van der Waals surface area contributed by atoms with Gasteiger partial charge < -0.3 is 9.40 Å². The molecular formula is C21H26N2O2. The third-order valence-electron chi connectivity index (χ3n) is 4.92. The second-order valence-electron chi connectivity index (χ2n) is 7.89. The number of hydrogen-bond donors (Lipinski definition) is 0. The average Bonchev–Trinajstić information content (AvgIpc) is 2.82. The van der Waals surface area contributed by atoms with E-state index in [1.165, 1.54) is 35.1 Å². The van der Waals surface area contributed by atoms with Crippen molar-refractivity contribution >= 4 is 11.7 Å². The molecule has 0 spiro atoms. The number of carbonyl (C=O) groups excluding carboxylic acids is 1. The number of aryl methyl sites for hydroxylation is 3. The molecule has 0 atom stereocenters. The summed E-state index contributed by atoms with van der Waals surface area (Å²) in [5.41, 5.74) is 8.16. The lowest BCUT2D eigenvalue weighted by Crippen LogP contribution is -2.28. The van der Waals surface area contributed by atoms with E-state index in [1.54, 1.807) is 0 Å². The molecule has 4 heteroatoms. The van der Waals surface area contributed by atoms with Gasteiger partial charge in [-0.25, -0.2) is 4.79 Å². The van der Waals surface area contributed by atoms with Crippen molar-refractivity contribution < 1.29 is 9.63 Å². The summed E-state index contributed by atoms with van der Waals surface area (Å²) in [6.45, 7) is 12.2. The molecule has 2 aromatic rings. The Balaban J connectivity index is 2.16. The summed E-state index contributed by atoms with van der Waals surface area (Å²) in [6.07, 6.45) is 1.76. The first-order valence-corrected chi connectivity index (χ1v) is 8.71. The lowest BCUT2D eigenvalue weighted by atomic mass is 9.76. The minimum atomic E-state index is -0.386. The normalized spacial score (nSPS) is 17.4. The quantitative estimate of drug-likeness (QED) is 0.591. The predicted octanol–water partition coefficient (Wildman–Crippen LogP) is 4.64. The van der Waals surface area contributed by atoms with Gasteiger partial charge in [0.15, 0.2) is 0 Å². The van der Waals surface area contributed by atoms with E-state index in [1.807, 2.05) is 0 Å². The Labute approximate surface area is 149 Å². The molecule has 0 N–H and O–H groups in total. The van der Waals surface area contributed by atoms with Crippen molar-refractivity contribution in [1.29, 1.82) is 0 Å². The van der Waals surface area contributed by atoms with Gasteiger partial charge in [-0.2, -0.15) is 0 Å². The second kappa shape index (κ2) is 6.17. The summed E-state index contributed by atoms with van der Waals surface area (Å²) in [5, 5.41) is 4.15. The number of benzene rings is 1. The van der Waals surface area contributed by atoms with Crippen molar-refractivity contribution in [3.8, 4) is 5.69 Å². The molecule has 0 unspecified atom stereocenters. The molecule has 1 aliphatic carbocycles. The molecule has 0 saturated heterocycles. The summed E-state index contributed by atoms with van der Waals surface area (Å²) in [4.78, 5) is 16.1. The van der Waals surface area contributed by atoms with Gasteiger partial charge in [-0.1, -0.05) is 25.1 Å². The van der Waals surface area contributed by atoms with Crippen LogP contribution in [0, 0.1) is 26.2 Å². The Morgan fingerprint density at radius 3 is 2.48 bits per heavy atom. The van der Waals surface area contributed by atoms with Crippen molar-refractivity contribution in [2.24, 2.45) is 10.6 Å². The SMILES string of the molecule is CC(=O)O/N=C1\CC(C)(C)Cc2c1cc(C)n2-c1ccc(C)c(C)c1. The maximum Gasteiger partial charge on any atom is 0.331 e. The van der Waals surface area contributed by atoms with Crippen LogP contribution in [-0.2, 0) is 16.1 Å². The van der Waals surface area contributed by atoms with Crippen LogP contribution in [0.25, 0.3) is 5.69 Å². The van der Waals surface area contributed by atoms with Crippen LogP contribution in [0.15, 0.2) is 29.4 Å². The van der Waals surface area contributed by atoms with Gasteiger partial charge in [-0.05, 0) is 68.4 Å². The van der Waals surface area contributed by atoms with Crippen LogP contribution in [0.1, 0.15) is 55.3 Å². The van der Waals surface area contributed by atoms with E-state index < -0.39 is 0 Å². The monoisotopic (exact) mass is 338 g/mol. The minimum Gasteiger partial charge on any atom is -0.318 e. The first-order chi connectivity index (χ1) is 11.7. The van der Waals surface area contributed by atoms with Gasteiger partial charge in [-0.3, -0.25) is 0 Å². The molecule has 3 rings (SSSR count). The highest BCUT2D eigenvalue weighted by molar-refractivity contribution is 6.03. The molecule has 0 amide bonds. The summed E-state index contributed by atoms with van der Waals surface area (Å²) < 4.78 is 2.31. The third-order valence-corrected chi connectivity index (χ3v) is 4.92. The fraction of sp³-hybridized carbons (Fsp3) is 0.429. The summed E-state index contributed by atoms with van der Waals surface area (Å²) >= 11 is 0. The Morgan fingerprint density at radius 2 is 1.84 bits per heavy atom. The van der Waals surface area contributed by atoms with Gasteiger partial charge in [0.05, 0.1) is 5.71 Å². The molecule has 1 heterocycles. The highest BCUT2D eigenvalue weighted by atomic mass is 16.7. The molecule has 1 aromatic heterocycles. The Morgan fingerprint density at radius 1 is 1.12 bits per heavy atom. The zero-order valence-corrected chi connectivity index (χ0v) is 15.9. The van der Waals surface area contributed by atoms with Gasteiger partial charge in [0.2, 0.25) is 0 Å². The number of nitrogens with zero attached hydrogens (tertiary/aromatic N) is 2. The van der Waals surface area contributed by atoms with Crippen LogP contribution in [0.5, 0.6) is 0 Å². The zero-order chi connectivity index (χ0) is 18.4. The van der Waals surface area contributed by atoms with Gasteiger partial charge in [0, 0.05) is 29.6 Å². The van der Waals surface area contributed by atoms with Crippen molar-refractivity contribution in [3.05, 3.63) is 52.3 Å². The number of oxime groups is 1. The highest BCUT2D eigenvalue weighted by Gasteiger charge is 2.33. The van der Waals surface area contributed by atoms with Crippen molar-refractivity contribution in [2.75, 3.05) is 0 Å². The minimum absolute atomic E-state index is 0.0638. The molecule has 1 aromatic carbocycles. The standard InChI is InChI=1S/C21H26N2O2/c1-13-7-8-17(9-14(13)2)23-15(3)10-18-19(22-25-16(4)24)11-21(5,6)12-20(18)23/h7-10H,11-12H2,1-6H3/b22-19+. The van der Waals surface area contributed by atoms with Gasteiger partial charge in [0.1, 0.15) is 0 Å². The van der Waals surface area contributed by atoms with Gasteiger partial charge in [-0.15, -0.1) is 0 Å². The number of hydrogen-bond acceptors (Lipinski definition) is 3. The molecule has 1 aliphatic rings. The van der Waals surface area contributed by atoms with Crippen LogP contribution in [-0.4, -0.2) is 16.2 Å². The Kier molecular flexibility index (Phi) is 4.31. The number of aromatic nitrogens is 1. The maximum absolute atomic E-state index is 11.2. The smallest absolute Gasteiger partial charge is 0.318 e. The van der Waals surface area contributed by atoms with Crippen molar-refractivity contribution in [3.63, 3.8) is 0 Å². The molecular weight excluding hydrogens is 312 g/mol. The van der Waals surface area contributed by atoms with E-state index in [2.05, 4.69) is 68.6 Å². The van der Waals surface area contributed by atoms with Crippen molar-refractivity contribution in [1.82, 2.24) is 4.57 Å². The molecule has 0 fully saturated rings. The fourth-order valence-electron chi connectivity index (χ4n) is 3.60. The molecule has 0 radical (unpaired) electrons. The zero-order valence-electron chi connectivity index (χ0n) is 15.9. The predicted molar refractivity (Wildman–Crippen MR) is 100 cm³/mol. The van der Waals surface area contributed by atoms with Gasteiger partial charge in [0.25, 0.3) is 0 Å². The van der Waals surface area contributed by atoms with Gasteiger partial charge >= 0.3 is 5.97 Å². The van der Waals surface area contributed by atoms with Crippen LogP contribution < -0.4 is 0 Å². The summed E-state index contributed by atoms with van der Waals surface area (Å²) in [7, 11) is 0. The number of fused-ring (bicyclic) bond motifs is 1. The molecule has 0 aliphatic heterocycles. The maximum atomic E-state index is 11.2. The van der Waals surface area contributed by atoms with E-state index in [4.69, 9.17) is 4.84 Å². The lowest BCUT2D eigenvalue weighted by molar-refractivity contribution is -0.140. The number of carbonyl (C=O) groups is 1. The highest BCUT2D eigenvalue weighted by Crippen LogP contribution is 2.38. The molecule has 25 heavy (non-hydrogen) atoms. The first-order valence-electron chi connectivity index (χ1n) is 8.71. The Hall–Kier alpha value is -2.36. The summed E-state index contributed by atoms with van der Waals surface area (Å²) in [5.74, 6) is -0.386.